The fourth-order valence-corrected chi connectivity index (χ4v) is 4.07. The maximum Gasteiger partial charge on any atom is 0.186 e. The normalized spacial score (nSPS) is 20.6. The minimum absolute atomic E-state index is 0.206. The summed E-state index contributed by atoms with van der Waals surface area (Å²) in [5, 5.41) is 25.2. The number of nitrogens with zero attached hydrogens (tertiary/aromatic N) is 2. The molecule has 2 aliphatic rings. The molecular weight excluding hydrogens is 347 g/mol. The van der Waals surface area contributed by atoms with Gasteiger partial charge in [0.05, 0.1) is 37.6 Å². The smallest absolute Gasteiger partial charge is 0.186 e. The van der Waals surface area contributed by atoms with Crippen molar-refractivity contribution in [1.82, 2.24) is 9.29 Å². The van der Waals surface area contributed by atoms with Gasteiger partial charge in [0, 0.05) is 49.9 Å². The van der Waals surface area contributed by atoms with Gasteiger partial charge in [0.1, 0.15) is 5.69 Å². The summed E-state index contributed by atoms with van der Waals surface area (Å²) in [5.74, 6) is -0.485. The van der Waals surface area contributed by atoms with Crippen LogP contribution >= 0.6 is 0 Å². The Morgan fingerprint density at radius 2 is 1.22 bits per heavy atom. The monoisotopic (exact) mass is 372 g/mol. The van der Waals surface area contributed by atoms with Crippen LogP contribution in [0.15, 0.2) is 42.5 Å². The SMILES string of the molecule is [O-][N+]1(c2ccc(NNc3ccc([N+]4([O-])CCCC4)c(F)c3)cc2)CCCC1. The number of hydrazine groups is 1. The van der Waals surface area contributed by atoms with Crippen LogP contribution in [0.2, 0.25) is 0 Å². The van der Waals surface area contributed by atoms with Gasteiger partial charge in [-0.25, -0.2) is 4.39 Å². The zero-order valence-corrected chi connectivity index (χ0v) is 15.3. The average molecular weight is 372 g/mol. The number of nitrogens with one attached hydrogen (secondary N) is 2. The van der Waals surface area contributed by atoms with Crippen LogP contribution in [-0.2, 0) is 0 Å². The van der Waals surface area contributed by atoms with Crippen molar-refractivity contribution in [3.05, 3.63) is 58.7 Å². The van der Waals surface area contributed by atoms with E-state index in [2.05, 4.69) is 10.9 Å². The standard InChI is InChI=1S/C20H25FN4O2/c21-19-15-17(7-10-20(19)25(27)13-3-4-14-25)23-22-16-5-8-18(9-6-16)24(26)11-1-2-12-24/h5-10,15,22-23H,1-4,11-14H2. The van der Waals surface area contributed by atoms with Gasteiger partial charge in [-0.1, -0.05) is 0 Å². The zero-order valence-electron chi connectivity index (χ0n) is 15.3. The van der Waals surface area contributed by atoms with Gasteiger partial charge in [0.2, 0.25) is 0 Å². The van der Waals surface area contributed by atoms with Gasteiger partial charge in [-0.2, -0.15) is 0 Å². The number of hydroxylamine groups is 4. The molecule has 27 heavy (non-hydrogen) atoms. The van der Waals surface area contributed by atoms with Crippen molar-refractivity contribution in [2.24, 2.45) is 0 Å². The summed E-state index contributed by atoms with van der Waals surface area (Å²) in [7, 11) is 0. The van der Waals surface area contributed by atoms with Gasteiger partial charge >= 0.3 is 0 Å². The van der Waals surface area contributed by atoms with Gasteiger partial charge in [-0.15, -0.1) is 0 Å². The number of hydrogen-bond acceptors (Lipinski definition) is 4. The highest BCUT2D eigenvalue weighted by atomic mass is 19.1. The van der Waals surface area contributed by atoms with E-state index in [1.165, 1.54) is 6.07 Å². The predicted octanol–water partition coefficient (Wildman–Crippen LogP) is 4.46. The molecule has 2 aromatic rings. The molecule has 0 radical (unpaired) electrons. The molecule has 2 aliphatic heterocycles. The van der Waals surface area contributed by atoms with E-state index in [0.29, 0.717) is 31.9 Å². The highest BCUT2D eigenvalue weighted by Gasteiger charge is 2.29. The summed E-state index contributed by atoms with van der Waals surface area (Å²) in [6.45, 7) is 2.15. The Morgan fingerprint density at radius 3 is 1.81 bits per heavy atom. The molecule has 2 fully saturated rings. The quantitative estimate of drug-likeness (QED) is 0.462. The molecule has 7 heteroatoms. The van der Waals surface area contributed by atoms with Crippen LogP contribution in [0.3, 0.4) is 0 Å². The molecule has 2 N–H and O–H groups in total. The lowest BCUT2D eigenvalue weighted by Gasteiger charge is -2.38. The highest BCUT2D eigenvalue weighted by molar-refractivity contribution is 5.60. The fourth-order valence-electron chi connectivity index (χ4n) is 4.07. The Kier molecular flexibility index (Phi) is 4.77. The van der Waals surface area contributed by atoms with Crippen molar-refractivity contribution in [3.63, 3.8) is 0 Å². The Bertz CT molecular complexity index is 800. The van der Waals surface area contributed by atoms with E-state index >= 15 is 0 Å². The lowest BCUT2D eigenvalue weighted by atomic mass is 10.2. The lowest BCUT2D eigenvalue weighted by molar-refractivity contribution is 0.432. The summed E-state index contributed by atoms with van der Waals surface area (Å²) >= 11 is 0. The summed E-state index contributed by atoms with van der Waals surface area (Å²) in [6, 6.07) is 12.0. The van der Waals surface area contributed by atoms with Crippen LogP contribution in [0.5, 0.6) is 0 Å². The van der Waals surface area contributed by atoms with Crippen molar-refractivity contribution in [2.45, 2.75) is 25.7 Å². The minimum atomic E-state index is -0.573. The number of hydrogen-bond donors (Lipinski definition) is 2. The molecule has 2 aromatic carbocycles. The summed E-state index contributed by atoms with van der Waals surface area (Å²) in [6.07, 6.45) is 3.61. The molecule has 0 unspecified atom stereocenters. The molecule has 0 spiro atoms. The van der Waals surface area contributed by atoms with Gasteiger partial charge in [0.25, 0.3) is 0 Å². The maximum absolute atomic E-state index is 14.4. The second-order valence-electron chi connectivity index (χ2n) is 7.55. The number of rotatable bonds is 5. The maximum atomic E-state index is 14.4. The molecule has 2 heterocycles. The molecule has 144 valence electrons. The molecule has 0 aromatic heterocycles. The third kappa shape index (κ3) is 3.64. The highest BCUT2D eigenvalue weighted by Crippen LogP contribution is 2.32. The third-order valence-electron chi connectivity index (χ3n) is 5.65. The van der Waals surface area contributed by atoms with Crippen LogP contribution < -0.4 is 20.1 Å². The largest absolute Gasteiger partial charge is 0.627 e. The topological polar surface area (TPSA) is 70.2 Å². The average Bonchev–Trinajstić information content (AvgIpc) is 3.30. The number of quaternary nitrogens is 2. The van der Waals surface area contributed by atoms with Crippen molar-refractivity contribution in [2.75, 3.05) is 37.0 Å². The van der Waals surface area contributed by atoms with Gasteiger partial charge in [-0.3, -0.25) is 0 Å². The fraction of sp³-hybridized carbons (Fsp3) is 0.400. The van der Waals surface area contributed by atoms with Crippen molar-refractivity contribution >= 4 is 22.7 Å². The van der Waals surface area contributed by atoms with E-state index in [-0.39, 0.29) is 10.3 Å². The summed E-state index contributed by atoms with van der Waals surface area (Å²) in [5.41, 5.74) is 8.25. The number of benzene rings is 2. The molecule has 2 saturated heterocycles. The first kappa shape index (κ1) is 18.2. The van der Waals surface area contributed by atoms with E-state index in [1.807, 2.05) is 24.3 Å². The Labute approximate surface area is 158 Å². The first-order valence-corrected chi connectivity index (χ1v) is 9.58. The molecule has 0 saturated carbocycles. The third-order valence-corrected chi connectivity index (χ3v) is 5.65. The van der Waals surface area contributed by atoms with Gasteiger partial charge in [0.15, 0.2) is 11.5 Å². The second-order valence-corrected chi connectivity index (χ2v) is 7.55. The van der Waals surface area contributed by atoms with Crippen LogP contribution in [0.1, 0.15) is 25.7 Å². The van der Waals surface area contributed by atoms with Crippen molar-refractivity contribution in [1.29, 1.82) is 0 Å². The molecule has 4 rings (SSSR count). The van der Waals surface area contributed by atoms with Crippen molar-refractivity contribution < 1.29 is 4.39 Å². The van der Waals surface area contributed by atoms with Gasteiger partial charge in [-0.05, 0) is 18.2 Å². The number of anilines is 2. The molecule has 6 nitrogen and oxygen atoms in total. The lowest BCUT2D eigenvalue weighted by Crippen LogP contribution is -2.40. The Hall–Kier alpha value is -2.19. The van der Waals surface area contributed by atoms with E-state index in [0.717, 1.165) is 37.1 Å². The molecular formula is C20H25FN4O2. The van der Waals surface area contributed by atoms with E-state index in [4.69, 9.17) is 0 Å². The Balaban J connectivity index is 1.41. The van der Waals surface area contributed by atoms with Crippen LogP contribution in [-0.4, -0.2) is 26.2 Å². The molecule has 0 atom stereocenters. The van der Waals surface area contributed by atoms with Crippen LogP contribution in [0, 0.1) is 16.2 Å². The molecule has 0 amide bonds. The van der Waals surface area contributed by atoms with E-state index in [1.54, 1.807) is 12.1 Å². The first-order valence-electron chi connectivity index (χ1n) is 9.58. The molecule has 0 bridgehead atoms. The minimum Gasteiger partial charge on any atom is -0.627 e. The van der Waals surface area contributed by atoms with Gasteiger partial charge < -0.3 is 30.6 Å². The second kappa shape index (κ2) is 7.09. The predicted molar refractivity (Wildman–Crippen MR) is 108 cm³/mol. The van der Waals surface area contributed by atoms with E-state index < -0.39 is 10.5 Å². The van der Waals surface area contributed by atoms with Crippen LogP contribution in [0.4, 0.5) is 27.1 Å². The summed E-state index contributed by atoms with van der Waals surface area (Å²) in [4.78, 5) is 0. The molecule has 0 aliphatic carbocycles. The van der Waals surface area contributed by atoms with E-state index in [9.17, 15) is 14.8 Å². The Morgan fingerprint density at radius 1 is 0.704 bits per heavy atom. The number of halogens is 1. The van der Waals surface area contributed by atoms with Crippen molar-refractivity contribution in [3.8, 4) is 0 Å². The summed E-state index contributed by atoms with van der Waals surface area (Å²) < 4.78 is 13.6. The zero-order chi connectivity index (χ0) is 18.9. The van der Waals surface area contributed by atoms with Crippen LogP contribution in [0.25, 0.3) is 0 Å². The first-order chi connectivity index (χ1) is 13.0.